The number of sulfonamides is 1. The zero-order valence-electron chi connectivity index (χ0n) is 13.5. The number of nitrogens with two attached hydrogens (primary N) is 1. The highest BCUT2D eigenvalue weighted by molar-refractivity contribution is 7.89. The molecule has 1 atom stereocenters. The highest BCUT2D eigenvalue weighted by atomic mass is 32.2. The SMILES string of the molecule is CC(C)(C)C(Nc1ccc(S(N)(=O)=O)cc1[N+](=O)[O-])c1cccs1. The maximum Gasteiger partial charge on any atom is 0.293 e. The van der Waals surface area contributed by atoms with Crippen molar-refractivity contribution in [2.75, 3.05) is 5.32 Å². The quantitative estimate of drug-likeness (QED) is 0.618. The van der Waals surface area contributed by atoms with Crippen molar-refractivity contribution in [1.29, 1.82) is 0 Å². The number of hydrogen-bond donors (Lipinski definition) is 2. The van der Waals surface area contributed by atoms with Crippen molar-refractivity contribution in [3.05, 3.63) is 50.7 Å². The van der Waals surface area contributed by atoms with E-state index < -0.39 is 14.9 Å². The summed E-state index contributed by atoms with van der Waals surface area (Å²) < 4.78 is 22.8. The highest BCUT2D eigenvalue weighted by Crippen LogP contribution is 2.40. The molecule has 0 spiro atoms. The topological polar surface area (TPSA) is 115 Å². The van der Waals surface area contributed by atoms with Gasteiger partial charge in [0.2, 0.25) is 10.0 Å². The fourth-order valence-corrected chi connectivity index (χ4v) is 3.84. The number of nitrogens with one attached hydrogen (secondary N) is 1. The Morgan fingerprint density at radius 3 is 2.42 bits per heavy atom. The van der Waals surface area contributed by atoms with Gasteiger partial charge in [0.15, 0.2) is 0 Å². The van der Waals surface area contributed by atoms with E-state index >= 15 is 0 Å². The Hall–Kier alpha value is -1.97. The normalized spacial score (nSPS) is 13.5. The van der Waals surface area contributed by atoms with Crippen LogP contribution in [0, 0.1) is 15.5 Å². The van der Waals surface area contributed by atoms with Gasteiger partial charge in [0, 0.05) is 10.9 Å². The molecular formula is C15H19N3O4S2. The van der Waals surface area contributed by atoms with Gasteiger partial charge < -0.3 is 5.32 Å². The van der Waals surface area contributed by atoms with Gasteiger partial charge >= 0.3 is 0 Å². The minimum Gasteiger partial charge on any atom is -0.371 e. The summed E-state index contributed by atoms with van der Waals surface area (Å²) in [6.07, 6.45) is 0. The lowest BCUT2D eigenvalue weighted by Gasteiger charge is -2.31. The zero-order valence-corrected chi connectivity index (χ0v) is 15.1. The average molecular weight is 369 g/mol. The van der Waals surface area contributed by atoms with Crippen molar-refractivity contribution in [3.8, 4) is 0 Å². The molecule has 0 amide bonds. The maximum absolute atomic E-state index is 11.4. The third-order valence-electron chi connectivity index (χ3n) is 3.49. The number of thiophene rings is 1. The Bertz CT molecular complexity index is 840. The van der Waals surface area contributed by atoms with E-state index in [1.165, 1.54) is 12.1 Å². The summed E-state index contributed by atoms with van der Waals surface area (Å²) in [5.74, 6) is 0. The molecule has 0 bridgehead atoms. The van der Waals surface area contributed by atoms with Crippen LogP contribution < -0.4 is 10.5 Å². The number of rotatable bonds is 5. The second-order valence-corrected chi connectivity index (χ2v) is 8.98. The van der Waals surface area contributed by atoms with E-state index in [2.05, 4.69) is 5.32 Å². The summed E-state index contributed by atoms with van der Waals surface area (Å²) >= 11 is 1.55. The van der Waals surface area contributed by atoms with Crippen LogP contribution in [-0.2, 0) is 10.0 Å². The summed E-state index contributed by atoms with van der Waals surface area (Å²) in [5.41, 5.74) is -0.287. The first-order chi connectivity index (χ1) is 11.0. The summed E-state index contributed by atoms with van der Waals surface area (Å²) in [6, 6.07) is 7.32. The predicted molar refractivity (Wildman–Crippen MR) is 94.6 cm³/mol. The molecule has 9 heteroatoms. The van der Waals surface area contributed by atoms with Crippen LogP contribution in [0.5, 0.6) is 0 Å². The molecule has 1 aromatic heterocycles. The van der Waals surface area contributed by atoms with E-state index in [0.29, 0.717) is 0 Å². The summed E-state index contributed by atoms with van der Waals surface area (Å²) in [4.78, 5) is 11.5. The fourth-order valence-electron chi connectivity index (χ4n) is 2.29. The molecule has 2 aromatic rings. The molecule has 0 saturated carbocycles. The van der Waals surface area contributed by atoms with E-state index in [-0.39, 0.29) is 27.7 Å². The Morgan fingerprint density at radius 1 is 1.29 bits per heavy atom. The minimum atomic E-state index is -4.01. The lowest BCUT2D eigenvalue weighted by atomic mass is 9.85. The maximum atomic E-state index is 11.4. The summed E-state index contributed by atoms with van der Waals surface area (Å²) in [5, 5.41) is 21.5. The highest BCUT2D eigenvalue weighted by Gasteiger charge is 2.29. The number of benzene rings is 1. The number of hydrogen-bond acceptors (Lipinski definition) is 6. The number of primary sulfonamides is 1. The summed E-state index contributed by atoms with van der Waals surface area (Å²) in [7, 11) is -4.01. The van der Waals surface area contributed by atoms with Crippen molar-refractivity contribution < 1.29 is 13.3 Å². The van der Waals surface area contributed by atoms with Crippen LogP contribution in [0.25, 0.3) is 0 Å². The van der Waals surface area contributed by atoms with Gasteiger partial charge in [-0.25, -0.2) is 13.6 Å². The van der Waals surface area contributed by atoms with E-state index in [0.717, 1.165) is 10.9 Å². The van der Waals surface area contributed by atoms with Crippen molar-refractivity contribution in [1.82, 2.24) is 0 Å². The van der Waals surface area contributed by atoms with Crippen LogP contribution in [-0.4, -0.2) is 13.3 Å². The minimum absolute atomic E-state index is 0.170. The molecular weight excluding hydrogens is 350 g/mol. The van der Waals surface area contributed by atoms with Gasteiger partial charge in [-0.2, -0.15) is 0 Å². The van der Waals surface area contributed by atoms with Crippen molar-refractivity contribution >= 4 is 32.7 Å². The lowest BCUT2D eigenvalue weighted by Crippen LogP contribution is -2.25. The molecule has 1 unspecified atom stereocenters. The Labute approximate surface area is 144 Å². The molecule has 1 heterocycles. The van der Waals surface area contributed by atoms with E-state index in [1.807, 2.05) is 38.3 Å². The zero-order chi connectivity index (χ0) is 18.1. The van der Waals surface area contributed by atoms with Gasteiger partial charge in [-0.1, -0.05) is 26.8 Å². The van der Waals surface area contributed by atoms with Crippen LogP contribution in [0.1, 0.15) is 31.7 Å². The molecule has 1 aromatic carbocycles. The smallest absolute Gasteiger partial charge is 0.293 e. The molecule has 0 aliphatic heterocycles. The van der Waals surface area contributed by atoms with E-state index in [9.17, 15) is 18.5 Å². The number of anilines is 1. The standard InChI is InChI=1S/C15H19N3O4S2/c1-15(2,3)14(13-5-4-8-23-13)17-11-7-6-10(24(16,21)22)9-12(11)18(19)20/h4-9,14,17H,1-3H3,(H2,16,21,22). The third kappa shape index (κ3) is 4.11. The van der Waals surface area contributed by atoms with E-state index in [1.54, 1.807) is 11.3 Å². The van der Waals surface area contributed by atoms with E-state index in [4.69, 9.17) is 5.14 Å². The molecule has 0 aliphatic carbocycles. The largest absolute Gasteiger partial charge is 0.371 e. The van der Waals surface area contributed by atoms with Gasteiger partial charge in [-0.3, -0.25) is 10.1 Å². The first-order valence-electron chi connectivity index (χ1n) is 7.11. The molecule has 0 radical (unpaired) electrons. The monoisotopic (exact) mass is 369 g/mol. The molecule has 24 heavy (non-hydrogen) atoms. The predicted octanol–water partition coefficient (Wildman–Crippen LogP) is 3.50. The Balaban J connectivity index is 2.49. The number of nitrogens with zero attached hydrogens (tertiary/aromatic N) is 1. The molecule has 0 fully saturated rings. The first kappa shape index (κ1) is 18.4. The van der Waals surface area contributed by atoms with Crippen molar-refractivity contribution in [2.24, 2.45) is 10.6 Å². The van der Waals surface area contributed by atoms with Crippen molar-refractivity contribution in [2.45, 2.75) is 31.7 Å². The molecule has 3 N–H and O–H groups in total. The van der Waals surface area contributed by atoms with Crippen LogP contribution in [0.15, 0.2) is 40.6 Å². The Kier molecular flexibility index (Phi) is 4.97. The van der Waals surface area contributed by atoms with Gasteiger partial charge in [-0.05, 0) is 29.0 Å². The molecule has 2 rings (SSSR count). The number of nitro benzene ring substituents is 1. The molecule has 130 valence electrons. The van der Waals surface area contributed by atoms with Crippen LogP contribution in [0.2, 0.25) is 0 Å². The molecule has 7 nitrogen and oxygen atoms in total. The average Bonchev–Trinajstić information content (AvgIpc) is 2.95. The second kappa shape index (κ2) is 6.50. The van der Waals surface area contributed by atoms with Crippen LogP contribution >= 0.6 is 11.3 Å². The molecule has 0 saturated heterocycles. The first-order valence-corrected chi connectivity index (χ1v) is 9.54. The van der Waals surface area contributed by atoms with Crippen molar-refractivity contribution in [3.63, 3.8) is 0 Å². The molecule has 0 aliphatic rings. The number of nitro groups is 1. The lowest BCUT2D eigenvalue weighted by molar-refractivity contribution is -0.384. The van der Waals surface area contributed by atoms with Gasteiger partial charge in [0.05, 0.1) is 15.9 Å². The van der Waals surface area contributed by atoms with Crippen LogP contribution in [0.3, 0.4) is 0 Å². The third-order valence-corrected chi connectivity index (χ3v) is 5.34. The Morgan fingerprint density at radius 2 is 1.96 bits per heavy atom. The summed E-state index contributed by atoms with van der Waals surface area (Å²) in [6.45, 7) is 6.07. The van der Waals surface area contributed by atoms with Gasteiger partial charge in [0.25, 0.3) is 5.69 Å². The van der Waals surface area contributed by atoms with Gasteiger partial charge in [0.1, 0.15) is 5.69 Å². The van der Waals surface area contributed by atoms with Gasteiger partial charge in [-0.15, -0.1) is 11.3 Å². The fraction of sp³-hybridized carbons (Fsp3) is 0.333. The second-order valence-electron chi connectivity index (χ2n) is 6.44. The van der Waals surface area contributed by atoms with Crippen LogP contribution in [0.4, 0.5) is 11.4 Å².